The molecule has 0 aliphatic heterocycles. The van der Waals surface area contributed by atoms with E-state index < -0.39 is 0 Å². The van der Waals surface area contributed by atoms with Crippen LogP contribution in [0, 0.1) is 0 Å². The molecule has 92 valence electrons. The van der Waals surface area contributed by atoms with Crippen molar-refractivity contribution in [3.05, 3.63) is 11.9 Å². The van der Waals surface area contributed by atoms with Gasteiger partial charge in [0, 0.05) is 19.6 Å². The first kappa shape index (κ1) is 13.1. The summed E-state index contributed by atoms with van der Waals surface area (Å²) < 4.78 is 1.91. The molecule has 16 heavy (non-hydrogen) atoms. The minimum atomic E-state index is 0.00873. The SMILES string of the molecule is CNCCN(C)Cc1cn(C(C)(C)C)nn1. The quantitative estimate of drug-likeness (QED) is 0.800. The molecule has 0 atom stereocenters. The molecule has 1 aromatic heterocycles. The van der Waals surface area contributed by atoms with Crippen LogP contribution in [-0.4, -0.2) is 47.1 Å². The molecule has 0 saturated carbocycles. The molecule has 1 N–H and O–H groups in total. The molecule has 0 amide bonds. The fourth-order valence-electron chi connectivity index (χ4n) is 1.36. The third-order valence-electron chi connectivity index (χ3n) is 2.40. The second-order valence-electron chi connectivity index (χ2n) is 5.17. The average molecular weight is 225 g/mol. The van der Waals surface area contributed by atoms with Crippen molar-refractivity contribution in [2.75, 3.05) is 27.2 Å². The minimum Gasteiger partial charge on any atom is -0.318 e. The number of aromatic nitrogens is 3. The third-order valence-corrected chi connectivity index (χ3v) is 2.40. The lowest BCUT2D eigenvalue weighted by atomic mass is 10.1. The Bertz CT molecular complexity index is 312. The van der Waals surface area contributed by atoms with Crippen LogP contribution < -0.4 is 5.32 Å². The Morgan fingerprint density at radius 3 is 2.62 bits per heavy atom. The summed E-state index contributed by atoms with van der Waals surface area (Å²) in [4.78, 5) is 2.23. The molecule has 1 heterocycles. The van der Waals surface area contributed by atoms with E-state index in [2.05, 4.69) is 48.3 Å². The van der Waals surface area contributed by atoms with Gasteiger partial charge in [0.05, 0.1) is 17.4 Å². The molecular formula is C11H23N5. The van der Waals surface area contributed by atoms with E-state index in [-0.39, 0.29) is 5.54 Å². The highest BCUT2D eigenvalue weighted by molar-refractivity contribution is 4.94. The summed E-state index contributed by atoms with van der Waals surface area (Å²) in [7, 11) is 4.05. The van der Waals surface area contributed by atoms with Crippen LogP contribution >= 0.6 is 0 Å². The van der Waals surface area contributed by atoms with E-state index >= 15 is 0 Å². The second kappa shape index (κ2) is 5.41. The highest BCUT2D eigenvalue weighted by Crippen LogP contribution is 2.12. The summed E-state index contributed by atoms with van der Waals surface area (Å²) >= 11 is 0. The minimum absolute atomic E-state index is 0.00873. The molecule has 0 saturated heterocycles. The van der Waals surface area contributed by atoms with Gasteiger partial charge in [-0.1, -0.05) is 5.21 Å². The Hall–Kier alpha value is -0.940. The van der Waals surface area contributed by atoms with E-state index in [9.17, 15) is 0 Å². The Morgan fingerprint density at radius 1 is 1.44 bits per heavy atom. The van der Waals surface area contributed by atoms with Gasteiger partial charge in [0.2, 0.25) is 0 Å². The maximum absolute atomic E-state index is 4.18. The Morgan fingerprint density at radius 2 is 2.12 bits per heavy atom. The van der Waals surface area contributed by atoms with Gasteiger partial charge in [-0.15, -0.1) is 5.10 Å². The van der Waals surface area contributed by atoms with Crippen LogP contribution in [0.2, 0.25) is 0 Å². The van der Waals surface area contributed by atoms with Crippen molar-refractivity contribution in [2.24, 2.45) is 0 Å². The smallest absolute Gasteiger partial charge is 0.0967 e. The zero-order valence-corrected chi connectivity index (χ0v) is 11.0. The number of hydrogen-bond acceptors (Lipinski definition) is 4. The Balaban J connectivity index is 2.52. The summed E-state index contributed by atoms with van der Waals surface area (Å²) in [5, 5.41) is 11.5. The molecule has 0 fully saturated rings. The van der Waals surface area contributed by atoms with Gasteiger partial charge in [-0.3, -0.25) is 4.90 Å². The summed E-state index contributed by atoms with van der Waals surface area (Å²) in [6.45, 7) is 9.21. The van der Waals surface area contributed by atoms with E-state index in [1.54, 1.807) is 0 Å². The topological polar surface area (TPSA) is 46.0 Å². The van der Waals surface area contributed by atoms with Crippen LogP contribution in [0.25, 0.3) is 0 Å². The summed E-state index contributed by atoms with van der Waals surface area (Å²) in [6, 6.07) is 0. The van der Waals surface area contributed by atoms with Gasteiger partial charge < -0.3 is 5.32 Å². The standard InChI is InChI=1S/C11H23N5/c1-11(2,3)16-9-10(13-14-16)8-15(5)7-6-12-4/h9,12H,6-8H2,1-5H3. The molecule has 1 rings (SSSR count). The molecule has 5 heteroatoms. The monoisotopic (exact) mass is 225 g/mol. The van der Waals surface area contributed by atoms with E-state index in [0.29, 0.717) is 0 Å². The number of rotatable bonds is 5. The molecule has 0 aromatic carbocycles. The van der Waals surface area contributed by atoms with E-state index in [0.717, 1.165) is 25.3 Å². The molecule has 0 unspecified atom stereocenters. The van der Waals surface area contributed by atoms with Crippen LogP contribution in [0.4, 0.5) is 0 Å². The largest absolute Gasteiger partial charge is 0.318 e. The maximum atomic E-state index is 4.18. The van der Waals surface area contributed by atoms with Crippen molar-refractivity contribution in [1.29, 1.82) is 0 Å². The highest BCUT2D eigenvalue weighted by Gasteiger charge is 2.15. The van der Waals surface area contributed by atoms with Gasteiger partial charge in [-0.2, -0.15) is 0 Å². The van der Waals surface area contributed by atoms with Crippen LogP contribution in [0.5, 0.6) is 0 Å². The lowest BCUT2D eigenvalue weighted by molar-refractivity contribution is 0.324. The highest BCUT2D eigenvalue weighted by atomic mass is 15.4. The lowest BCUT2D eigenvalue weighted by Crippen LogP contribution is -2.27. The predicted molar refractivity (Wildman–Crippen MR) is 65.3 cm³/mol. The van der Waals surface area contributed by atoms with Crippen molar-refractivity contribution >= 4 is 0 Å². The van der Waals surface area contributed by atoms with E-state index in [1.807, 2.05) is 17.9 Å². The molecule has 0 bridgehead atoms. The second-order valence-corrected chi connectivity index (χ2v) is 5.17. The van der Waals surface area contributed by atoms with Crippen molar-refractivity contribution in [3.63, 3.8) is 0 Å². The Kier molecular flexibility index (Phi) is 4.44. The van der Waals surface area contributed by atoms with Crippen LogP contribution in [-0.2, 0) is 12.1 Å². The van der Waals surface area contributed by atoms with Crippen LogP contribution in [0.1, 0.15) is 26.5 Å². The molecule has 0 spiro atoms. The van der Waals surface area contributed by atoms with Gasteiger partial charge in [-0.05, 0) is 34.9 Å². The fraction of sp³-hybridized carbons (Fsp3) is 0.818. The summed E-state index contributed by atoms with van der Waals surface area (Å²) in [5.74, 6) is 0. The van der Waals surface area contributed by atoms with Crippen molar-refractivity contribution in [3.8, 4) is 0 Å². The van der Waals surface area contributed by atoms with Gasteiger partial charge in [0.1, 0.15) is 0 Å². The first-order chi connectivity index (χ1) is 7.43. The van der Waals surface area contributed by atoms with Gasteiger partial charge in [0.25, 0.3) is 0 Å². The summed E-state index contributed by atoms with van der Waals surface area (Å²) in [5.41, 5.74) is 1.03. The number of nitrogens with zero attached hydrogens (tertiary/aromatic N) is 4. The molecule has 5 nitrogen and oxygen atoms in total. The van der Waals surface area contributed by atoms with Crippen LogP contribution in [0.3, 0.4) is 0 Å². The Labute approximate surface area is 97.8 Å². The normalized spacial score (nSPS) is 12.4. The molecular weight excluding hydrogens is 202 g/mol. The lowest BCUT2D eigenvalue weighted by Gasteiger charge is -2.18. The predicted octanol–water partition coefficient (Wildman–Crippen LogP) is 0.684. The molecule has 0 aliphatic carbocycles. The number of hydrogen-bond donors (Lipinski definition) is 1. The zero-order chi connectivity index (χ0) is 12.2. The molecule has 1 aromatic rings. The summed E-state index contributed by atoms with van der Waals surface area (Å²) in [6.07, 6.45) is 2.02. The van der Waals surface area contributed by atoms with E-state index in [4.69, 9.17) is 0 Å². The van der Waals surface area contributed by atoms with Crippen molar-refractivity contribution in [2.45, 2.75) is 32.9 Å². The van der Waals surface area contributed by atoms with Crippen molar-refractivity contribution in [1.82, 2.24) is 25.2 Å². The van der Waals surface area contributed by atoms with E-state index in [1.165, 1.54) is 0 Å². The number of nitrogens with one attached hydrogen (secondary N) is 1. The average Bonchev–Trinajstić information content (AvgIpc) is 2.62. The zero-order valence-electron chi connectivity index (χ0n) is 11.0. The van der Waals surface area contributed by atoms with Gasteiger partial charge in [-0.25, -0.2) is 4.68 Å². The third kappa shape index (κ3) is 3.90. The first-order valence-electron chi connectivity index (χ1n) is 5.68. The van der Waals surface area contributed by atoms with Gasteiger partial charge >= 0.3 is 0 Å². The fourth-order valence-corrected chi connectivity index (χ4v) is 1.36. The van der Waals surface area contributed by atoms with Crippen molar-refractivity contribution < 1.29 is 0 Å². The number of likely N-dealkylation sites (N-methyl/N-ethyl adjacent to an activating group) is 2. The molecule has 0 radical (unpaired) electrons. The first-order valence-corrected chi connectivity index (χ1v) is 5.68. The molecule has 0 aliphatic rings. The van der Waals surface area contributed by atoms with Gasteiger partial charge in [0.15, 0.2) is 0 Å². The van der Waals surface area contributed by atoms with Crippen LogP contribution in [0.15, 0.2) is 6.20 Å². The maximum Gasteiger partial charge on any atom is 0.0967 e.